The van der Waals surface area contributed by atoms with E-state index in [2.05, 4.69) is 34.1 Å². The van der Waals surface area contributed by atoms with Gasteiger partial charge in [0.25, 0.3) is 0 Å². The van der Waals surface area contributed by atoms with Crippen molar-refractivity contribution in [1.82, 2.24) is 0 Å². The monoisotopic (exact) mass is 320 g/mol. The van der Waals surface area contributed by atoms with Crippen LogP contribution in [0.15, 0.2) is 34.1 Å². The van der Waals surface area contributed by atoms with Crippen LogP contribution in [-0.2, 0) is 19.3 Å². The predicted octanol–water partition coefficient (Wildman–Crippen LogP) is 4.42. The van der Waals surface area contributed by atoms with Crippen LogP contribution in [0.4, 0.5) is 0 Å². The predicted molar refractivity (Wildman–Crippen MR) is 78.5 cm³/mol. The third-order valence-electron chi connectivity index (χ3n) is 3.37. The van der Waals surface area contributed by atoms with Crippen molar-refractivity contribution in [3.05, 3.63) is 55.7 Å². The Labute approximate surface area is 119 Å². The lowest BCUT2D eigenvalue weighted by molar-refractivity contribution is 0.0997. The lowest BCUT2D eigenvalue weighted by atomic mass is 10.0. The Kier molecular flexibility index (Phi) is 3.35. The van der Waals surface area contributed by atoms with Crippen LogP contribution < -0.4 is 0 Å². The van der Waals surface area contributed by atoms with Crippen LogP contribution in [0.25, 0.3) is 0 Å². The average Bonchev–Trinajstić information content (AvgIpc) is 2.96. The second-order valence-corrected chi connectivity index (χ2v) is 6.51. The van der Waals surface area contributed by atoms with E-state index >= 15 is 0 Å². The molecule has 1 aliphatic rings. The van der Waals surface area contributed by atoms with Crippen molar-refractivity contribution < 1.29 is 4.79 Å². The third-order valence-corrected chi connectivity index (χ3v) is 5.10. The number of carbonyl (C=O) groups excluding carboxylic acids is 1. The van der Waals surface area contributed by atoms with Gasteiger partial charge in [0, 0.05) is 16.3 Å². The largest absolute Gasteiger partial charge is 0.293 e. The molecule has 0 fully saturated rings. The molecule has 0 saturated heterocycles. The molecule has 2 aromatic rings. The molecule has 92 valence electrons. The molecule has 1 aromatic heterocycles. The number of hydrogen-bond donors (Lipinski definition) is 0. The molecule has 18 heavy (non-hydrogen) atoms. The Morgan fingerprint density at radius 3 is 2.83 bits per heavy atom. The average molecular weight is 321 g/mol. The summed E-state index contributed by atoms with van der Waals surface area (Å²) in [5, 5.41) is 1.95. The van der Waals surface area contributed by atoms with Crippen molar-refractivity contribution in [2.24, 2.45) is 0 Å². The molecule has 1 aromatic carbocycles. The maximum atomic E-state index is 12.1. The van der Waals surface area contributed by atoms with Gasteiger partial charge in [-0.1, -0.05) is 18.2 Å². The molecule has 0 atom stereocenters. The highest BCUT2D eigenvalue weighted by atomic mass is 79.9. The minimum atomic E-state index is 0.212. The van der Waals surface area contributed by atoms with Gasteiger partial charge in [0.2, 0.25) is 0 Å². The zero-order valence-corrected chi connectivity index (χ0v) is 12.3. The summed E-state index contributed by atoms with van der Waals surface area (Å²) in [6, 6.07) is 8.41. The van der Waals surface area contributed by atoms with Crippen LogP contribution >= 0.6 is 27.3 Å². The van der Waals surface area contributed by atoms with Gasteiger partial charge in [-0.3, -0.25) is 4.79 Å². The number of rotatable bonds is 3. The number of hydrogen-bond acceptors (Lipinski definition) is 2. The van der Waals surface area contributed by atoms with Gasteiger partial charge < -0.3 is 0 Å². The lowest BCUT2D eigenvalue weighted by Gasteiger charge is -2.03. The van der Waals surface area contributed by atoms with E-state index in [0.29, 0.717) is 6.42 Å². The molecule has 3 rings (SSSR count). The highest BCUT2D eigenvalue weighted by Crippen LogP contribution is 2.25. The number of fused-ring (bicyclic) bond motifs is 1. The van der Waals surface area contributed by atoms with E-state index in [-0.39, 0.29) is 5.78 Å². The molecule has 0 N–H and O–H groups in total. The van der Waals surface area contributed by atoms with E-state index < -0.39 is 0 Å². The summed E-state index contributed by atoms with van der Waals surface area (Å²) in [6.07, 6.45) is 4.13. The zero-order valence-electron chi connectivity index (χ0n) is 9.91. The summed E-state index contributed by atoms with van der Waals surface area (Å²) in [5.74, 6) is 0.212. The maximum absolute atomic E-state index is 12.1. The van der Waals surface area contributed by atoms with Crippen LogP contribution in [0, 0.1) is 0 Å². The Morgan fingerprint density at radius 1 is 1.22 bits per heavy atom. The number of Topliss-reactive ketones (excluding diaryl/α,β-unsaturated/α-hetero) is 1. The molecule has 1 heterocycles. The van der Waals surface area contributed by atoms with Gasteiger partial charge in [0.15, 0.2) is 5.78 Å². The van der Waals surface area contributed by atoms with Crippen molar-refractivity contribution in [2.75, 3.05) is 0 Å². The van der Waals surface area contributed by atoms with Crippen LogP contribution in [-0.4, -0.2) is 5.78 Å². The summed E-state index contributed by atoms with van der Waals surface area (Å²) in [5.41, 5.74) is 4.04. The number of aryl methyl sites for hydroxylation is 2. The minimum absolute atomic E-state index is 0.212. The van der Waals surface area contributed by atoms with Crippen LogP contribution in [0.2, 0.25) is 0 Å². The summed E-state index contributed by atoms with van der Waals surface area (Å²) in [4.78, 5) is 13.0. The first-order chi connectivity index (χ1) is 8.72. The highest BCUT2D eigenvalue weighted by Gasteiger charge is 2.13. The molecule has 0 spiro atoms. The van der Waals surface area contributed by atoms with E-state index in [1.165, 1.54) is 41.7 Å². The van der Waals surface area contributed by atoms with Crippen LogP contribution in [0.5, 0.6) is 0 Å². The Morgan fingerprint density at radius 2 is 2.06 bits per heavy atom. The van der Waals surface area contributed by atoms with Gasteiger partial charge in [0.1, 0.15) is 0 Å². The Balaban J connectivity index is 1.78. The van der Waals surface area contributed by atoms with E-state index in [1.807, 2.05) is 11.4 Å². The Hall–Kier alpha value is -0.930. The smallest absolute Gasteiger partial charge is 0.177 e. The summed E-state index contributed by atoms with van der Waals surface area (Å²) >= 11 is 4.89. The van der Waals surface area contributed by atoms with Gasteiger partial charge in [-0.25, -0.2) is 0 Å². The van der Waals surface area contributed by atoms with E-state index in [0.717, 1.165) is 14.9 Å². The zero-order chi connectivity index (χ0) is 12.5. The van der Waals surface area contributed by atoms with Crippen molar-refractivity contribution in [2.45, 2.75) is 25.7 Å². The molecule has 0 amide bonds. The quantitative estimate of drug-likeness (QED) is 0.765. The first-order valence-electron chi connectivity index (χ1n) is 6.10. The van der Waals surface area contributed by atoms with Crippen molar-refractivity contribution in [3.8, 4) is 0 Å². The fraction of sp³-hybridized carbons (Fsp3) is 0.267. The van der Waals surface area contributed by atoms with Gasteiger partial charge >= 0.3 is 0 Å². The second-order valence-electron chi connectivity index (χ2n) is 4.69. The topological polar surface area (TPSA) is 17.1 Å². The van der Waals surface area contributed by atoms with Crippen LogP contribution in [0.3, 0.4) is 0 Å². The molecule has 0 saturated carbocycles. The molecule has 0 radical (unpaired) electrons. The Bertz CT molecular complexity index is 600. The first-order valence-corrected chi connectivity index (χ1v) is 7.77. The van der Waals surface area contributed by atoms with Gasteiger partial charge in [0.05, 0.1) is 4.88 Å². The fourth-order valence-corrected chi connectivity index (χ4v) is 3.83. The highest BCUT2D eigenvalue weighted by molar-refractivity contribution is 9.10. The van der Waals surface area contributed by atoms with E-state index in [1.54, 1.807) is 0 Å². The number of benzene rings is 1. The molecular formula is C15H13BrOS. The SMILES string of the molecule is O=C(Cc1ccc2c(c1)CCC2)c1cc(Br)cs1. The molecule has 0 unspecified atom stereocenters. The number of carbonyl (C=O) groups is 1. The molecule has 1 aliphatic carbocycles. The lowest BCUT2D eigenvalue weighted by Crippen LogP contribution is -2.01. The molecule has 3 heteroatoms. The van der Waals surface area contributed by atoms with Crippen LogP contribution in [0.1, 0.15) is 32.8 Å². The molecule has 0 bridgehead atoms. The second kappa shape index (κ2) is 4.98. The number of ketones is 1. The standard InChI is InChI=1S/C15H13BrOS/c16-13-8-15(18-9-13)14(17)7-10-4-5-11-2-1-3-12(11)6-10/h4-6,8-9H,1-3,7H2. The molecule has 0 aliphatic heterocycles. The first kappa shape index (κ1) is 12.1. The summed E-state index contributed by atoms with van der Waals surface area (Å²) < 4.78 is 0.991. The number of thiophene rings is 1. The van der Waals surface area contributed by atoms with Crippen molar-refractivity contribution in [3.63, 3.8) is 0 Å². The van der Waals surface area contributed by atoms with E-state index in [9.17, 15) is 4.79 Å². The minimum Gasteiger partial charge on any atom is -0.293 e. The summed E-state index contributed by atoms with van der Waals surface area (Å²) in [7, 11) is 0. The van der Waals surface area contributed by atoms with Gasteiger partial charge in [-0.15, -0.1) is 11.3 Å². The van der Waals surface area contributed by atoms with Gasteiger partial charge in [-0.2, -0.15) is 0 Å². The fourth-order valence-electron chi connectivity index (χ4n) is 2.47. The van der Waals surface area contributed by atoms with Gasteiger partial charge in [-0.05, 0) is 57.9 Å². The van der Waals surface area contributed by atoms with Crippen molar-refractivity contribution >= 4 is 33.0 Å². The third kappa shape index (κ3) is 2.43. The maximum Gasteiger partial charge on any atom is 0.177 e. The molecular weight excluding hydrogens is 308 g/mol. The summed E-state index contributed by atoms with van der Waals surface area (Å²) in [6.45, 7) is 0. The number of halogens is 1. The van der Waals surface area contributed by atoms with Crippen molar-refractivity contribution in [1.29, 1.82) is 0 Å². The van der Waals surface area contributed by atoms with E-state index in [4.69, 9.17) is 0 Å². The molecule has 1 nitrogen and oxygen atoms in total. The normalized spacial score (nSPS) is 13.6.